The van der Waals surface area contributed by atoms with Crippen LogP contribution in [0.15, 0.2) is 18.2 Å². The Kier molecular flexibility index (Phi) is 5.48. The van der Waals surface area contributed by atoms with Gasteiger partial charge in [0.05, 0.1) is 14.2 Å². The lowest BCUT2D eigenvalue weighted by molar-refractivity contribution is 0.284. The Bertz CT molecular complexity index is 462. The Morgan fingerprint density at radius 3 is 2.62 bits per heavy atom. The van der Waals surface area contributed by atoms with Crippen molar-refractivity contribution >= 4 is 0 Å². The van der Waals surface area contributed by atoms with E-state index in [-0.39, 0.29) is 6.04 Å². The van der Waals surface area contributed by atoms with Gasteiger partial charge < -0.3 is 20.1 Å². The molecule has 1 aromatic carbocycles. The predicted molar refractivity (Wildman–Crippen MR) is 85.9 cm³/mol. The molecule has 2 atom stereocenters. The molecule has 2 unspecified atom stereocenters. The maximum absolute atomic E-state index is 6.42. The van der Waals surface area contributed by atoms with Crippen molar-refractivity contribution in [3.63, 3.8) is 0 Å². The molecule has 1 aliphatic heterocycles. The molecule has 21 heavy (non-hydrogen) atoms. The lowest BCUT2D eigenvalue weighted by Crippen LogP contribution is -2.31. The number of methoxy groups -OCH3 is 2. The molecule has 2 N–H and O–H groups in total. The minimum atomic E-state index is -0.0547. The van der Waals surface area contributed by atoms with Crippen LogP contribution in [0.25, 0.3) is 0 Å². The van der Waals surface area contributed by atoms with Crippen molar-refractivity contribution < 1.29 is 9.47 Å². The highest BCUT2D eigenvalue weighted by atomic mass is 16.5. The molecular weight excluding hydrogens is 264 g/mol. The first kappa shape index (κ1) is 16.1. The lowest BCUT2D eigenvalue weighted by Gasteiger charge is -2.23. The highest BCUT2D eigenvalue weighted by Crippen LogP contribution is 2.30. The zero-order valence-electron chi connectivity index (χ0n) is 13.6. The molecule has 0 spiro atoms. The van der Waals surface area contributed by atoms with Gasteiger partial charge in [-0.1, -0.05) is 13.8 Å². The minimum Gasteiger partial charge on any atom is -0.497 e. The number of ether oxygens (including phenoxy) is 2. The largest absolute Gasteiger partial charge is 0.497 e. The third kappa shape index (κ3) is 3.89. The van der Waals surface area contributed by atoms with E-state index in [1.807, 2.05) is 18.2 Å². The van der Waals surface area contributed by atoms with Gasteiger partial charge in [0.25, 0.3) is 0 Å². The molecular formula is C17H28N2O2. The smallest absolute Gasteiger partial charge is 0.123 e. The summed E-state index contributed by atoms with van der Waals surface area (Å²) < 4.78 is 10.7. The average molecular weight is 292 g/mol. The zero-order chi connectivity index (χ0) is 15.4. The normalized spacial score (nSPS) is 20.8. The van der Waals surface area contributed by atoms with Crippen LogP contribution in [0.3, 0.4) is 0 Å². The van der Waals surface area contributed by atoms with E-state index in [2.05, 4.69) is 18.7 Å². The maximum Gasteiger partial charge on any atom is 0.123 e. The van der Waals surface area contributed by atoms with Crippen LogP contribution in [-0.4, -0.2) is 38.8 Å². The van der Waals surface area contributed by atoms with Crippen molar-refractivity contribution in [1.82, 2.24) is 4.90 Å². The summed E-state index contributed by atoms with van der Waals surface area (Å²) in [4.78, 5) is 2.47. The van der Waals surface area contributed by atoms with Crippen LogP contribution in [0, 0.1) is 11.8 Å². The van der Waals surface area contributed by atoms with E-state index >= 15 is 0 Å². The predicted octanol–water partition coefficient (Wildman–Crippen LogP) is 2.68. The first-order valence-corrected chi connectivity index (χ1v) is 7.75. The number of hydrogen-bond acceptors (Lipinski definition) is 4. The summed E-state index contributed by atoms with van der Waals surface area (Å²) in [6, 6.07) is 5.76. The number of benzene rings is 1. The highest BCUT2D eigenvalue weighted by Gasteiger charge is 2.26. The lowest BCUT2D eigenvalue weighted by atomic mass is 9.95. The zero-order valence-corrected chi connectivity index (χ0v) is 13.6. The van der Waals surface area contributed by atoms with Gasteiger partial charge in [0.2, 0.25) is 0 Å². The first-order chi connectivity index (χ1) is 10.0. The van der Waals surface area contributed by atoms with Gasteiger partial charge in [-0.3, -0.25) is 0 Å². The van der Waals surface area contributed by atoms with E-state index in [9.17, 15) is 0 Å². The van der Waals surface area contributed by atoms with Gasteiger partial charge in [-0.15, -0.1) is 0 Å². The number of nitrogens with two attached hydrogens (primary N) is 1. The van der Waals surface area contributed by atoms with E-state index in [0.29, 0.717) is 0 Å². The quantitative estimate of drug-likeness (QED) is 0.875. The van der Waals surface area contributed by atoms with E-state index in [0.717, 1.165) is 48.5 Å². The number of hydrogen-bond donors (Lipinski definition) is 1. The second-order valence-electron chi connectivity index (χ2n) is 6.27. The number of rotatable bonds is 6. The third-order valence-electron chi connectivity index (χ3n) is 4.54. The summed E-state index contributed by atoms with van der Waals surface area (Å²) in [7, 11) is 3.35. The van der Waals surface area contributed by atoms with Crippen molar-refractivity contribution in [2.24, 2.45) is 17.6 Å². The van der Waals surface area contributed by atoms with Crippen molar-refractivity contribution in [1.29, 1.82) is 0 Å². The Morgan fingerprint density at radius 2 is 2.05 bits per heavy atom. The molecule has 1 saturated heterocycles. The van der Waals surface area contributed by atoms with E-state index in [1.54, 1.807) is 14.2 Å². The Labute approximate surface area is 128 Å². The second kappa shape index (κ2) is 7.14. The van der Waals surface area contributed by atoms with E-state index in [4.69, 9.17) is 15.2 Å². The maximum atomic E-state index is 6.42. The monoisotopic (exact) mass is 292 g/mol. The minimum absolute atomic E-state index is 0.0547. The standard InChI is InChI=1S/C17H28N2O2/c1-12(2)13-7-8-19(10-13)11-16(18)15-9-14(20-3)5-6-17(15)21-4/h5-6,9,12-13,16H,7-8,10-11,18H2,1-4H3. The van der Waals surface area contributed by atoms with Gasteiger partial charge in [0.1, 0.15) is 11.5 Å². The second-order valence-corrected chi connectivity index (χ2v) is 6.27. The Hall–Kier alpha value is -1.26. The molecule has 4 nitrogen and oxygen atoms in total. The van der Waals surface area contributed by atoms with Crippen LogP contribution >= 0.6 is 0 Å². The molecule has 0 radical (unpaired) electrons. The molecule has 0 aromatic heterocycles. The van der Waals surface area contributed by atoms with Crippen molar-refractivity contribution in [3.05, 3.63) is 23.8 Å². The van der Waals surface area contributed by atoms with E-state index < -0.39 is 0 Å². The van der Waals surface area contributed by atoms with Crippen molar-refractivity contribution in [3.8, 4) is 11.5 Å². The van der Waals surface area contributed by atoms with Crippen LogP contribution in [-0.2, 0) is 0 Å². The molecule has 0 saturated carbocycles. The molecule has 1 fully saturated rings. The molecule has 0 aliphatic carbocycles. The average Bonchev–Trinajstić information content (AvgIpc) is 2.95. The van der Waals surface area contributed by atoms with Gasteiger partial charge >= 0.3 is 0 Å². The molecule has 0 amide bonds. The van der Waals surface area contributed by atoms with E-state index in [1.165, 1.54) is 6.42 Å². The van der Waals surface area contributed by atoms with Crippen LogP contribution < -0.4 is 15.2 Å². The fourth-order valence-corrected chi connectivity index (χ4v) is 3.08. The van der Waals surface area contributed by atoms with Gasteiger partial charge in [-0.2, -0.15) is 0 Å². The van der Waals surface area contributed by atoms with Crippen LogP contribution in [0.5, 0.6) is 11.5 Å². The summed E-state index contributed by atoms with van der Waals surface area (Å²) in [6.45, 7) is 7.77. The molecule has 1 aliphatic rings. The number of nitrogens with zero attached hydrogens (tertiary/aromatic N) is 1. The van der Waals surface area contributed by atoms with Crippen LogP contribution in [0.4, 0.5) is 0 Å². The summed E-state index contributed by atoms with van der Waals surface area (Å²) in [5.74, 6) is 3.20. The first-order valence-electron chi connectivity index (χ1n) is 7.75. The molecule has 118 valence electrons. The molecule has 2 rings (SSSR count). The third-order valence-corrected chi connectivity index (χ3v) is 4.54. The highest BCUT2D eigenvalue weighted by molar-refractivity contribution is 5.42. The Balaban J connectivity index is 2.04. The van der Waals surface area contributed by atoms with Crippen LogP contribution in [0.2, 0.25) is 0 Å². The van der Waals surface area contributed by atoms with Gasteiger partial charge in [0.15, 0.2) is 0 Å². The van der Waals surface area contributed by atoms with Gasteiger partial charge in [0, 0.05) is 24.7 Å². The molecule has 1 heterocycles. The fourth-order valence-electron chi connectivity index (χ4n) is 3.08. The molecule has 1 aromatic rings. The van der Waals surface area contributed by atoms with Crippen molar-refractivity contribution in [2.75, 3.05) is 33.9 Å². The van der Waals surface area contributed by atoms with Gasteiger partial charge in [-0.25, -0.2) is 0 Å². The summed E-state index contributed by atoms with van der Waals surface area (Å²) in [6.07, 6.45) is 1.28. The molecule has 0 bridgehead atoms. The van der Waals surface area contributed by atoms with Crippen molar-refractivity contribution in [2.45, 2.75) is 26.3 Å². The summed E-state index contributed by atoms with van der Waals surface area (Å²) in [5, 5.41) is 0. The molecule has 4 heteroatoms. The fraction of sp³-hybridized carbons (Fsp3) is 0.647. The summed E-state index contributed by atoms with van der Waals surface area (Å²) in [5.41, 5.74) is 7.44. The summed E-state index contributed by atoms with van der Waals surface area (Å²) >= 11 is 0. The van der Waals surface area contributed by atoms with Crippen LogP contribution in [0.1, 0.15) is 31.9 Å². The number of likely N-dealkylation sites (tertiary alicyclic amines) is 1. The Morgan fingerprint density at radius 1 is 1.29 bits per heavy atom. The topological polar surface area (TPSA) is 47.7 Å². The SMILES string of the molecule is COc1ccc(OC)c(C(N)CN2CCC(C(C)C)C2)c1. The van der Waals surface area contributed by atoms with Gasteiger partial charge in [-0.05, 0) is 43.0 Å².